The minimum Gasteiger partial charge on any atom is -0.307 e. The van der Waals surface area contributed by atoms with Crippen LogP contribution in [-0.2, 0) is 0 Å². The normalized spacial score (nSPS) is 10.8. The largest absolute Gasteiger partial charge is 0.323 e. The monoisotopic (exact) mass is 395 g/mol. The topological polar surface area (TPSA) is 54.0 Å². The molecule has 2 N–H and O–H groups in total. The van der Waals surface area contributed by atoms with Gasteiger partial charge >= 0.3 is 6.03 Å². The zero-order valence-corrected chi connectivity index (χ0v) is 15.6. The number of benzene rings is 3. The first-order valence-electron chi connectivity index (χ1n) is 8.49. The molecular formula is C21H15F2N3OS. The number of anilines is 2. The van der Waals surface area contributed by atoms with Gasteiger partial charge in [-0.05, 0) is 55.0 Å². The number of nitrogens with one attached hydrogen (secondary N) is 2. The highest BCUT2D eigenvalue weighted by Crippen LogP contribution is 2.32. The third kappa shape index (κ3) is 3.70. The van der Waals surface area contributed by atoms with Crippen molar-refractivity contribution >= 4 is 39.0 Å². The molecule has 4 rings (SSSR count). The Morgan fingerprint density at radius 1 is 0.964 bits per heavy atom. The van der Waals surface area contributed by atoms with Gasteiger partial charge in [-0.3, -0.25) is 0 Å². The van der Waals surface area contributed by atoms with Crippen LogP contribution < -0.4 is 10.6 Å². The number of hydrogen-bond acceptors (Lipinski definition) is 3. The maximum atomic E-state index is 13.7. The molecule has 0 saturated carbocycles. The van der Waals surface area contributed by atoms with Crippen molar-refractivity contribution in [3.8, 4) is 10.6 Å². The molecule has 140 valence electrons. The number of nitrogens with zero attached hydrogens (tertiary/aromatic N) is 1. The van der Waals surface area contributed by atoms with Crippen LogP contribution in [-0.4, -0.2) is 11.0 Å². The summed E-state index contributed by atoms with van der Waals surface area (Å²) in [5, 5.41) is 5.95. The van der Waals surface area contributed by atoms with E-state index in [9.17, 15) is 13.6 Å². The van der Waals surface area contributed by atoms with Crippen LogP contribution in [0.2, 0.25) is 0 Å². The van der Waals surface area contributed by atoms with E-state index in [4.69, 9.17) is 0 Å². The van der Waals surface area contributed by atoms with E-state index in [-0.39, 0.29) is 5.69 Å². The van der Waals surface area contributed by atoms with Crippen molar-refractivity contribution in [3.05, 3.63) is 77.9 Å². The van der Waals surface area contributed by atoms with E-state index in [1.807, 2.05) is 43.3 Å². The number of carbonyl (C=O) groups is 1. The molecule has 4 aromatic rings. The van der Waals surface area contributed by atoms with E-state index in [1.165, 1.54) is 6.07 Å². The molecule has 0 radical (unpaired) electrons. The van der Waals surface area contributed by atoms with Crippen molar-refractivity contribution in [1.82, 2.24) is 4.98 Å². The molecule has 1 aromatic heterocycles. The summed E-state index contributed by atoms with van der Waals surface area (Å²) in [4.78, 5) is 16.8. The Morgan fingerprint density at radius 3 is 2.46 bits per heavy atom. The summed E-state index contributed by atoms with van der Waals surface area (Å²) < 4.78 is 27.7. The highest BCUT2D eigenvalue weighted by molar-refractivity contribution is 7.21. The van der Waals surface area contributed by atoms with Crippen LogP contribution in [0.25, 0.3) is 20.8 Å². The first kappa shape index (κ1) is 18.1. The van der Waals surface area contributed by atoms with Crippen LogP contribution in [0.5, 0.6) is 0 Å². The summed E-state index contributed by atoms with van der Waals surface area (Å²) in [7, 11) is 0. The minimum atomic E-state index is -0.835. The van der Waals surface area contributed by atoms with E-state index >= 15 is 0 Å². The second-order valence-corrected chi connectivity index (χ2v) is 7.25. The average Bonchev–Trinajstić information content (AvgIpc) is 3.10. The molecular weight excluding hydrogens is 380 g/mol. The summed E-state index contributed by atoms with van der Waals surface area (Å²) in [6, 6.07) is 15.9. The second kappa shape index (κ2) is 7.36. The molecule has 0 aliphatic rings. The number of aryl methyl sites for hydroxylation is 1. The van der Waals surface area contributed by atoms with E-state index < -0.39 is 17.7 Å². The highest BCUT2D eigenvalue weighted by atomic mass is 32.1. The third-order valence-corrected chi connectivity index (χ3v) is 5.28. The fraction of sp³-hybridized carbons (Fsp3) is 0.0476. The van der Waals surface area contributed by atoms with Gasteiger partial charge in [0.2, 0.25) is 0 Å². The Kier molecular flexibility index (Phi) is 4.75. The Labute approximate surface area is 163 Å². The van der Waals surface area contributed by atoms with Crippen molar-refractivity contribution in [2.24, 2.45) is 0 Å². The molecule has 0 aliphatic heterocycles. The molecule has 0 unspecified atom stereocenters. The number of amides is 2. The van der Waals surface area contributed by atoms with Crippen LogP contribution in [0.3, 0.4) is 0 Å². The maximum absolute atomic E-state index is 13.7. The molecule has 7 heteroatoms. The van der Waals surface area contributed by atoms with Gasteiger partial charge in [0.25, 0.3) is 0 Å². The summed E-state index contributed by atoms with van der Waals surface area (Å²) in [5.41, 5.74) is 3.23. The van der Waals surface area contributed by atoms with Crippen LogP contribution in [0, 0.1) is 18.6 Å². The van der Waals surface area contributed by atoms with E-state index in [2.05, 4.69) is 15.6 Å². The van der Waals surface area contributed by atoms with Gasteiger partial charge in [-0.1, -0.05) is 12.1 Å². The average molecular weight is 395 g/mol. The van der Waals surface area contributed by atoms with E-state index in [0.717, 1.165) is 32.4 Å². The summed E-state index contributed by atoms with van der Waals surface area (Å²) in [6.07, 6.45) is 0. The number of fused-ring (bicyclic) bond motifs is 1. The smallest absolute Gasteiger partial charge is 0.307 e. The van der Waals surface area contributed by atoms with Crippen LogP contribution in [0.15, 0.2) is 60.7 Å². The lowest BCUT2D eigenvalue weighted by Gasteiger charge is -2.11. The highest BCUT2D eigenvalue weighted by Gasteiger charge is 2.11. The number of aromatic nitrogens is 1. The number of rotatable bonds is 3. The maximum Gasteiger partial charge on any atom is 0.323 e. The third-order valence-electron chi connectivity index (χ3n) is 4.19. The molecule has 28 heavy (non-hydrogen) atoms. The fourth-order valence-electron chi connectivity index (χ4n) is 2.80. The van der Waals surface area contributed by atoms with Crippen LogP contribution in [0.4, 0.5) is 25.0 Å². The molecule has 0 spiro atoms. The molecule has 2 amide bonds. The predicted molar refractivity (Wildman–Crippen MR) is 109 cm³/mol. The van der Waals surface area contributed by atoms with Crippen molar-refractivity contribution in [2.45, 2.75) is 6.92 Å². The first-order chi connectivity index (χ1) is 13.5. The van der Waals surface area contributed by atoms with Gasteiger partial charge in [-0.2, -0.15) is 0 Å². The number of thiazole rings is 1. The number of para-hydroxylation sites is 1. The molecule has 0 aliphatic carbocycles. The Hall–Kier alpha value is -3.32. The van der Waals surface area contributed by atoms with Gasteiger partial charge < -0.3 is 10.6 Å². The fourth-order valence-corrected chi connectivity index (χ4v) is 3.76. The van der Waals surface area contributed by atoms with Gasteiger partial charge in [0.15, 0.2) is 0 Å². The summed E-state index contributed by atoms with van der Waals surface area (Å²) in [5.74, 6) is -1.54. The lowest BCUT2D eigenvalue weighted by Crippen LogP contribution is -2.20. The van der Waals surface area contributed by atoms with E-state index in [0.29, 0.717) is 11.8 Å². The minimum absolute atomic E-state index is 0.0948. The van der Waals surface area contributed by atoms with Crippen LogP contribution in [0.1, 0.15) is 5.56 Å². The molecule has 0 atom stereocenters. The zero-order chi connectivity index (χ0) is 19.7. The van der Waals surface area contributed by atoms with Crippen LogP contribution >= 0.6 is 11.3 Å². The number of carbonyl (C=O) groups excluding carboxylic acids is 1. The molecule has 4 nitrogen and oxygen atoms in total. The second-order valence-electron chi connectivity index (χ2n) is 6.22. The summed E-state index contributed by atoms with van der Waals surface area (Å²) in [6.45, 7) is 1.87. The molecule has 0 saturated heterocycles. The Morgan fingerprint density at radius 2 is 1.71 bits per heavy atom. The van der Waals surface area contributed by atoms with Gasteiger partial charge in [-0.15, -0.1) is 11.3 Å². The van der Waals surface area contributed by atoms with Gasteiger partial charge in [0, 0.05) is 17.3 Å². The summed E-state index contributed by atoms with van der Waals surface area (Å²) >= 11 is 1.60. The lowest BCUT2D eigenvalue weighted by atomic mass is 10.1. The SMILES string of the molecule is Cc1cc(-c2nc3ccccc3s2)ccc1NC(=O)Nc1ccc(F)cc1F. The quantitative estimate of drug-likeness (QED) is 0.434. The number of urea groups is 1. The van der Waals surface area contributed by atoms with Gasteiger partial charge in [-0.25, -0.2) is 18.6 Å². The first-order valence-corrected chi connectivity index (χ1v) is 9.31. The predicted octanol–water partition coefficient (Wildman–Crippen LogP) is 6.19. The molecule has 3 aromatic carbocycles. The van der Waals surface area contributed by atoms with Crippen molar-refractivity contribution in [1.29, 1.82) is 0 Å². The lowest BCUT2D eigenvalue weighted by molar-refractivity contribution is 0.262. The van der Waals surface area contributed by atoms with Crippen molar-refractivity contribution < 1.29 is 13.6 Å². The van der Waals surface area contributed by atoms with Gasteiger partial charge in [0.1, 0.15) is 16.6 Å². The molecule has 0 bridgehead atoms. The van der Waals surface area contributed by atoms with E-state index in [1.54, 1.807) is 17.4 Å². The number of halogens is 2. The Bertz CT molecular complexity index is 1160. The standard InChI is InChI=1S/C21H15F2N3OS/c1-12-10-13(20-24-18-4-2-3-5-19(18)28-20)6-8-16(12)25-21(27)26-17-9-7-14(22)11-15(17)23/h2-11H,1H3,(H2,25,26,27). The van der Waals surface area contributed by atoms with Crippen molar-refractivity contribution in [3.63, 3.8) is 0 Å². The molecule has 0 fully saturated rings. The molecule has 1 heterocycles. The zero-order valence-electron chi connectivity index (χ0n) is 14.8. The number of hydrogen-bond donors (Lipinski definition) is 2. The van der Waals surface area contributed by atoms with Crippen molar-refractivity contribution in [2.75, 3.05) is 10.6 Å². The van der Waals surface area contributed by atoms with Gasteiger partial charge in [0.05, 0.1) is 15.9 Å². The Balaban J connectivity index is 1.52.